The van der Waals surface area contributed by atoms with E-state index >= 15 is 0 Å². The summed E-state index contributed by atoms with van der Waals surface area (Å²) in [5.41, 5.74) is 2.67. The summed E-state index contributed by atoms with van der Waals surface area (Å²) in [6.45, 7) is 4.30. The zero-order valence-electron chi connectivity index (χ0n) is 16.1. The number of ether oxygens (including phenoxy) is 2. The Morgan fingerprint density at radius 1 is 1.14 bits per heavy atom. The molecule has 1 amide bonds. The van der Waals surface area contributed by atoms with Gasteiger partial charge in [0, 0.05) is 18.9 Å². The molecule has 0 fully saturated rings. The molecule has 0 saturated carbocycles. The van der Waals surface area contributed by atoms with Crippen molar-refractivity contribution in [3.63, 3.8) is 0 Å². The molecule has 3 aromatic rings. The predicted molar refractivity (Wildman–Crippen MR) is 105 cm³/mol. The van der Waals surface area contributed by atoms with Crippen LogP contribution in [0.25, 0.3) is 0 Å². The van der Waals surface area contributed by atoms with E-state index in [-0.39, 0.29) is 31.0 Å². The number of benzene rings is 1. The summed E-state index contributed by atoms with van der Waals surface area (Å²) in [7, 11) is 0. The number of pyridine rings is 1. The minimum atomic E-state index is -0.422. The summed E-state index contributed by atoms with van der Waals surface area (Å²) in [4.78, 5) is 34.1. The molecule has 1 aliphatic heterocycles. The second-order valence-corrected chi connectivity index (χ2v) is 6.83. The molecule has 3 heterocycles. The molecule has 8 heteroatoms. The van der Waals surface area contributed by atoms with Gasteiger partial charge in [0.05, 0.1) is 24.1 Å². The van der Waals surface area contributed by atoms with E-state index in [2.05, 4.69) is 15.3 Å². The Balaban J connectivity index is 1.51. The predicted octanol–water partition coefficient (Wildman–Crippen LogP) is 1.96. The van der Waals surface area contributed by atoms with E-state index in [1.54, 1.807) is 37.6 Å². The van der Waals surface area contributed by atoms with E-state index in [1.165, 1.54) is 4.57 Å². The van der Waals surface area contributed by atoms with E-state index in [1.807, 2.05) is 19.1 Å². The molecule has 0 radical (unpaired) electrons. The molecule has 148 valence electrons. The van der Waals surface area contributed by atoms with E-state index in [4.69, 9.17) is 9.47 Å². The van der Waals surface area contributed by atoms with Crippen molar-refractivity contribution in [2.75, 3.05) is 6.79 Å². The lowest BCUT2D eigenvalue weighted by Crippen LogP contribution is -2.34. The standard InChI is InChI=1S/C21H20N4O4/c1-13-5-6-25(11-16-10-22-14(2)8-23-16)21(27)19(13)20(26)24-9-15-3-4-17-18(7-15)29-12-28-17/h3-8,10H,9,11-12H2,1-2H3,(H,24,26). The Morgan fingerprint density at radius 3 is 2.76 bits per heavy atom. The van der Waals surface area contributed by atoms with Crippen LogP contribution >= 0.6 is 0 Å². The van der Waals surface area contributed by atoms with E-state index in [0.29, 0.717) is 22.8 Å². The molecule has 2 aromatic heterocycles. The molecule has 29 heavy (non-hydrogen) atoms. The molecule has 1 aromatic carbocycles. The number of nitrogens with one attached hydrogen (secondary N) is 1. The first-order chi connectivity index (χ1) is 14.0. The second-order valence-electron chi connectivity index (χ2n) is 6.83. The molecular formula is C21H20N4O4. The van der Waals surface area contributed by atoms with Crippen LogP contribution in [0.2, 0.25) is 0 Å². The van der Waals surface area contributed by atoms with Crippen LogP contribution in [-0.4, -0.2) is 27.2 Å². The minimum Gasteiger partial charge on any atom is -0.454 e. The van der Waals surface area contributed by atoms with Crippen molar-refractivity contribution in [1.29, 1.82) is 0 Å². The fourth-order valence-corrected chi connectivity index (χ4v) is 3.06. The van der Waals surface area contributed by atoms with Gasteiger partial charge in [0.2, 0.25) is 6.79 Å². The third-order valence-corrected chi connectivity index (χ3v) is 4.66. The van der Waals surface area contributed by atoms with Gasteiger partial charge >= 0.3 is 0 Å². The maximum atomic E-state index is 12.9. The molecule has 1 aliphatic rings. The molecular weight excluding hydrogens is 372 g/mol. The second kappa shape index (κ2) is 7.75. The number of aromatic nitrogens is 3. The SMILES string of the molecule is Cc1cnc(Cn2ccc(C)c(C(=O)NCc3ccc4c(c3)OCO4)c2=O)cn1. The Kier molecular flexibility index (Phi) is 4.99. The van der Waals surface area contributed by atoms with Crippen LogP contribution in [0.15, 0.2) is 47.7 Å². The number of hydrogen-bond acceptors (Lipinski definition) is 6. The monoisotopic (exact) mass is 392 g/mol. The average Bonchev–Trinajstić information content (AvgIpc) is 3.18. The largest absolute Gasteiger partial charge is 0.454 e. The smallest absolute Gasteiger partial charge is 0.264 e. The lowest BCUT2D eigenvalue weighted by molar-refractivity contribution is 0.0948. The quantitative estimate of drug-likeness (QED) is 0.713. The number of carbonyl (C=O) groups excluding carboxylic acids is 1. The molecule has 0 aliphatic carbocycles. The number of aryl methyl sites for hydroxylation is 2. The Morgan fingerprint density at radius 2 is 1.97 bits per heavy atom. The molecule has 0 spiro atoms. The van der Waals surface area contributed by atoms with Crippen LogP contribution in [-0.2, 0) is 13.1 Å². The van der Waals surface area contributed by atoms with Gasteiger partial charge in [-0.25, -0.2) is 0 Å². The number of hydrogen-bond donors (Lipinski definition) is 1. The Labute approximate surface area is 167 Å². The van der Waals surface area contributed by atoms with Gasteiger partial charge in [0.15, 0.2) is 11.5 Å². The van der Waals surface area contributed by atoms with Crippen molar-refractivity contribution in [2.45, 2.75) is 26.9 Å². The van der Waals surface area contributed by atoms with Crippen LogP contribution in [0.1, 0.15) is 32.9 Å². The minimum absolute atomic E-state index is 0.119. The van der Waals surface area contributed by atoms with Crippen LogP contribution in [0.4, 0.5) is 0 Å². The summed E-state index contributed by atoms with van der Waals surface area (Å²) < 4.78 is 12.1. The van der Waals surface area contributed by atoms with Crippen LogP contribution in [0.5, 0.6) is 11.5 Å². The normalized spacial score (nSPS) is 12.1. The zero-order valence-corrected chi connectivity index (χ0v) is 16.1. The van der Waals surface area contributed by atoms with Gasteiger partial charge in [0.1, 0.15) is 5.56 Å². The lowest BCUT2D eigenvalue weighted by atomic mass is 10.1. The number of nitrogens with zero attached hydrogens (tertiary/aromatic N) is 3. The summed E-state index contributed by atoms with van der Waals surface area (Å²) in [6.07, 6.45) is 4.93. The van der Waals surface area contributed by atoms with Crippen molar-refractivity contribution in [3.05, 3.63) is 81.3 Å². The summed E-state index contributed by atoms with van der Waals surface area (Å²) in [6, 6.07) is 7.21. The zero-order chi connectivity index (χ0) is 20.4. The lowest BCUT2D eigenvalue weighted by Gasteiger charge is -2.11. The third-order valence-electron chi connectivity index (χ3n) is 4.66. The summed E-state index contributed by atoms with van der Waals surface area (Å²) in [5.74, 6) is 0.907. The van der Waals surface area contributed by atoms with Crippen molar-refractivity contribution < 1.29 is 14.3 Å². The van der Waals surface area contributed by atoms with Gasteiger partial charge < -0.3 is 19.4 Å². The Hall–Kier alpha value is -3.68. The maximum Gasteiger partial charge on any atom is 0.264 e. The van der Waals surface area contributed by atoms with Gasteiger partial charge in [-0.05, 0) is 43.2 Å². The van der Waals surface area contributed by atoms with Crippen LogP contribution in [0, 0.1) is 13.8 Å². The van der Waals surface area contributed by atoms with Gasteiger partial charge in [-0.1, -0.05) is 6.07 Å². The highest BCUT2D eigenvalue weighted by atomic mass is 16.7. The maximum absolute atomic E-state index is 12.9. The number of rotatable bonds is 5. The van der Waals surface area contributed by atoms with Gasteiger partial charge in [-0.15, -0.1) is 0 Å². The molecule has 4 rings (SSSR count). The first kappa shape index (κ1) is 18.7. The fourth-order valence-electron chi connectivity index (χ4n) is 3.06. The van der Waals surface area contributed by atoms with E-state index in [9.17, 15) is 9.59 Å². The number of amides is 1. The first-order valence-corrected chi connectivity index (χ1v) is 9.15. The van der Waals surface area contributed by atoms with Gasteiger partial charge in [0.25, 0.3) is 11.5 Å². The van der Waals surface area contributed by atoms with Crippen LogP contribution < -0.4 is 20.3 Å². The van der Waals surface area contributed by atoms with Gasteiger partial charge in [-0.3, -0.25) is 19.6 Å². The van der Waals surface area contributed by atoms with Crippen molar-refractivity contribution in [1.82, 2.24) is 19.9 Å². The highest BCUT2D eigenvalue weighted by Gasteiger charge is 2.17. The summed E-state index contributed by atoms with van der Waals surface area (Å²) in [5, 5.41) is 2.81. The Bertz CT molecular complexity index is 1120. The molecule has 0 saturated heterocycles. The highest BCUT2D eigenvalue weighted by Crippen LogP contribution is 2.32. The molecule has 1 N–H and O–H groups in total. The topological polar surface area (TPSA) is 95.3 Å². The van der Waals surface area contributed by atoms with Crippen molar-refractivity contribution >= 4 is 5.91 Å². The van der Waals surface area contributed by atoms with Crippen molar-refractivity contribution in [3.8, 4) is 11.5 Å². The number of fused-ring (bicyclic) bond motifs is 1. The fraction of sp³-hybridized carbons (Fsp3) is 0.238. The number of carbonyl (C=O) groups is 1. The van der Waals surface area contributed by atoms with E-state index < -0.39 is 5.91 Å². The highest BCUT2D eigenvalue weighted by molar-refractivity contribution is 5.95. The van der Waals surface area contributed by atoms with Gasteiger partial charge in [-0.2, -0.15) is 0 Å². The molecule has 0 bridgehead atoms. The first-order valence-electron chi connectivity index (χ1n) is 9.15. The average molecular weight is 392 g/mol. The molecule has 0 unspecified atom stereocenters. The van der Waals surface area contributed by atoms with Crippen LogP contribution in [0.3, 0.4) is 0 Å². The van der Waals surface area contributed by atoms with E-state index in [0.717, 1.165) is 11.3 Å². The van der Waals surface area contributed by atoms with Crippen molar-refractivity contribution in [2.24, 2.45) is 0 Å². The summed E-state index contributed by atoms with van der Waals surface area (Å²) >= 11 is 0. The molecule has 8 nitrogen and oxygen atoms in total. The molecule has 0 atom stereocenters. The third kappa shape index (κ3) is 3.96.